The van der Waals surface area contributed by atoms with Gasteiger partial charge in [-0.3, -0.25) is 0 Å². The minimum absolute atomic E-state index is 0.591. The molecule has 9 aromatic carbocycles. The van der Waals surface area contributed by atoms with Gasteiger partial charge in [-0.2, -0.15) is 0 Å². The molecule has 0 bridgehead atoms. The Morgan fingerprint density at radius 3 is 1.39 bits per heavy atom. The first kappa shape index (κ1) is 35.5. The van der Waals surface area contributed by atoms with Crippen molar-refractivity contribution >= 4 is 43.7 Å². The average molecular weight is 793 g/mol. The Morgan fingerprint density at radius 1 is 0.306 bits per heavy atom. The number of hydrogen-bond donors (Lipinski definition) is 0. The summed E-state index contributed by atoms with van der Waals surface area (Å²) in [4.78, 5) is 15.4. The van der Waals surface area contributed by atoms with E-state index in [0.717, 1.165) is 88.6 Å². The van der Waals surface area contributed by atoms with Crippen molar-refractivity contribution in [1.82, 2.24) is 19.5 Å². The van der Waals surface area contributed by atoms with Crippen molar-refractivity contribution in [2.24, 2.45) is 0 Å². The Balaban J connectivity index is 1.01. The van der Waals surface area contributed by atoms with Gasteiger partial charge in [-0.05, 0) is 75.8 Å². The van der Waals surface area contributed by atoms with Gasteiger partial charge in [0.1, 0.15) is 5.58 Å². The van der Waals surface area contributed by atoms with Crippen LogP contribution in [0.3, 0.4) is 0 Å². The molecule has 0 aliphatic carbocycles. The van der Waals surface area contributed by atoms with Crippen LogP contribution in [0.5, 0.6) is 0 Å². The average Bonchev–Trinajstić information content (AvgIpc) is 3.90. The molecule has 0 N–H and O–H groups in total. The lowest BCUT2D eigenvalue weighted by Crippen LogP contribution is -2.00. The molecule has 290 valence electrons. The first-order valence-electron chi connectivity index (χ1n) is 20.8. The van der Waals surface area contributed by atoms with Crippen molar-refractivity contribution in [2.75, 3.05) is 0 Å². The van der Waals surface area contributed by atoms with Crippen LogP contribution < -0.4 is 0 Å². The minimum Gasteiger partial charge on any atom is -0.454 e. The van der Waals surface area contributed by atoms with Crippen molar-refractivity contribution in [3.8, 4) is 73.2 Å². The molecule has 3 heterocycles. The standard InChI is InChI=1S/C57H36N4O/c1-4-13-37(14-5-1)40-23-27-42(28-24-40)55-58-56(43-29-25-41(26-30-43)38-15-6-2-7-16-38)60-57(59-55)45-31-34-52-50(36-45)49-33-32-48-47-21-10-11-22-51(47)61(53(48)54(49)62-52)46-20-12-19-44(35-46)39-17-8-3-9-18-39/h1-36H. The van der Waals surface area contributed by atoms with Gasteiger partial charge in [0.05, 0.1) is 11.0 Å². The molecule has 0 atom stereocenters. The summed E-state index contributed by atoms with van der Waals surface area (Å²) in [5, 5.41) is 4.34. The summed E-state index contributed by atoms with van der Waals surface area (Å²) in [5.41, 5.74) is 14.5. The van der Waals surface area contributed by atoms with E-state index in [1.165, 1.54) is 10.9 Å². The fourth-order valence-electron chi connectivity index (χ4n) is 8.79. The second kappa shape index (κ2) is 14.7. The number of benzene rings is 9. The van der Waals surface area contributed by atoms with Gasteiger partial charge in [0.2, 0.25) is 0 Å². The second-order valence-corrected chi connectivity index (χ2v) is 15.6. The number of para-hydroxylation sites is 1. The molecule has 0 unspecified atom stereocenters. The fraction of sp³-hybridized carbons (Fsp3) is 0. The highest BCUT2D eigenvalue weighted by atomic mass is 16.3. The summed E-state index contributed by atoms with van der Waals surface area (Å²) < 4.78 is 9.22. The zero-order valence-corrected chi connectivity index (χ0v) is 33.5. The molecule has 12 aromatic rings. The first-order valence-corrected chi connectivity index (χ1v) is 20.8. The van der Waals surface area contributed by atoms with Crippen molar-refractivity contribution < 1.29 is 4.42 Å². The van der Waals surface area contributed by atoms with E-state index in [1.54, 1.807) is 0 Å². The van der Waals surface area contributed by atoms with Crippen LogP contribution in [0.4, 0.5) is 0 Å². The van der Waals surface area contributed by atoms with E-state index in [2.05, 4.69) is 205 Å². The van der Waals surface area contributed by atoms with Gasteiger partial charge in [-0.25, -0.2) is 15.0 Å². The van der Waals surface area contributed by atoms with Crippen LogP contribution in [0.1, 0.15) is 0 Å². The fourth-order valence-corrected chi connectivity index (χ4v) is 8.79. The number of aromatic nitrogens is 4. The Kier molecular flexibility index (Phi) is 8.42. The molecular weight excluding hydrogens is 757 g/mol. The van der Waals surface area contributed by atoms with Gasteiger partial charge in [0, 0.05) is 43.9 Å². The van der Waals surface area contributed by atoms with Crippen molar-refractivity contribution in [1.29, 1.82) is 0 Å². The molecule has 5 nitrogen and oxygen atoms in total. The third-order valence-corrected chi connectivity index (χ3v) is 11.9. The zero-order valence-electron chi connectivity index (χ0n) is 33.5. The van der Waals surface area contributed by atoms with E-state index < -0.39 is 0 Å². The van der Waals surface area contributed by atoms with Crippen LogP contribution in [0.15, 0.2) is 223 Å². The van der Waals surface area contributed by atoms with Crippen LogP contribution in [-0.4, -0.2) is 19.5 Å². The van der Waals surface area contributed by atoms with E-state index in [0.29, 0.717) is 17.5 Å². The molecule has 0 radical (unpaired) electrons. The van der Waals surface area contributed by atoms with Gasteiger partial charge in [0.15, 0.2) is 23.1 Å². The van der Waals surface area contributed by atoms with E-state index in [-0.39, 0.29) is 0 Å². The number of fused-ring (bicyclic) bond motifs is 7. The smallest absolute Gasteiger partial charge is 0.164 e. The topological polar surface area (TPSA) is 56.7 Å². The lowest BCUT2D eigenvalue weighted by Gasteiger charge is -2.10. The van der Waals surface area contributed by atoms with Crippen LogP contribution in [0.2, 0.25) is 0 Å². The van der Waals surface area contributed by atoms with Crippen molar-refractivity contribution in [3.63, 3.8) is 0 Å². The summed E-state index contributed by atoms with van der Waals surface area (Å²) in [7, 11) is 0. The highest BCUT2D eigenvalue weighted by molar-refractivity contribution is 6.21. The number of rotatable bonds is 7. The molecule has 5 heteroatoms. The van der Waals surface area contributed by atoms with Crippen LogP contribution in [-0.2, 0) is 0 Å². The molecule has 0 spiro atoms. The lowest BCUT2D eigenvalue weighted by atomic mass is 10.0. The predicted octanol–water partition coefficient (Wildman–Crippen LogP) is 14.9. The number of furan rings is 1. The van der Waals surface area contributed by atoms with Gasteiger partial charge in [0.25, 0.3) is 0 Å². The Bertz CT molecular complexity index is 3490. The SMILES string of the molecule is c1ccc(-c2ccc(-c3nc(-c4ccc(-c5ccccc5)cc4)nc(-c4ccc5oc6c(ccc7c8ccccc8n(-c8cccc(-c9ccccc9)c8)c76)c5c4)n3)cc2)cc1. The molecule has 0 amide bonds. The molecule has 0 fully saturated rings. The maximum absolute atomic E-state index is 6.87. The highest BCUT2D eigenvalue weighted by Crippen LogP contribution is 2.42. The van der Waals surface area contributed by atoms with Crippen molar-refractivity contribution in [2.45, 2.75) is 0 Å². The third kappa shape index (κ3) is 6.14. The maximum Gasteiger partial charge on any atom is 0.164 e. The predicted molar refractivity (Wildman–Crippen MR) is 254 cm³/mol. The maximum atomic E-state index is 6.87. The summed E-state index contributed by atoms with van der Waals surface area (Å²) in [6, 6.07) is 76.3. The van der Waals surface area contributed by atoms with E-state index in [4.69, 9.17) is 19.4 Å². The molecule has 62 heavy (non-hydrogen) atoms. The van der Waals surface area contributed by atoms with Gasteiger partial charge in [-0.15, -0.1) is 0 Å². The summed E-state index contributed by atoms with van der Waals surface area (Å²) in [5.74, 6) is 1.81. The van der Waals surface area contributed by atoms with E-state index in [1.807, 2.05) is 18.2 Å². The lowest BCUT2D eigenvalue weighted by molar-refractivity contribution is 0.671. The van der Waals surface area contributed by atoms with Gasteiger partial charge in [-0.1, -0.05) is 176 Å². The monoisotopic (exact) mass is 792 g/mol. The Hall–Kier alpha value is -8.41. The minimum atomic E-state index is 0.591. The van der Waals surface area contributed by atoms with E-state index >= 15 is 0 Å². The first-order chi connectivity index (χ1) is 30.7. The normalized spacial score (nSPS) is 11.5. The molecule has 12 rings (SSSR count). The van der Waals surface area contributed by atoms with Crippen LogP contribution in [0.25, 0.3) is 117 Å². The summed E-state index contributed by atoms with van der Waals surface area (Å²) >= 11 is 0. The summed E-state index contributed by atoms with van der Waals surface area (Å²) in [6.07, 6.45) is 0. The molecule has 0 aliphatic rings. The van der Waals surface area contributed by atoms with Gasteiger partial charge < -0.3 is 8.98 Å². The molecule has 3 aromatic heterocycles. The Labute approximate surface area is 357 Å². The molecule has 0 aliphatic heterocycles. The largest absolute Gasteiger partial charge is 0.454 e. The number of nitrogens with zero attached hydrogens (tertiary/aromatic N) is 4. The van der Waals surface area contributed by atoms with Crippen molar-refractivity contribution in [3.05, 3.63) is 218 Å². The molecule has 0 saturated carbocycles. The third-order valence-electron chi connectivity index (χ3n) is 11.9. The Morgan fingerprint density at radius 2 is 0.774 bits per heavy atom. The molecule has 0 saturated heterocycles. The number of hydrogen-bond acceptors (Lipinski definition) is 4. The molecular formula is C57H36N4O. The second-order valence-electron chi connectivity index (χ2n) is 15.6. The highest BCUT2D eigenvalue weighted by Gasteiger charge is 2.21. The summed E-state index contributed by atoms with van der Waals surface area (Å²) in [6.45, 7) is 0. The van der Waals surface area contributed by atoms with Gasteiger partial charge >= 0.3 is 0 Å². The van der Waals surface area contributed by atoms with Crippen LogP contribution >= 0.6 is 0 Å². The quantitative estimate of drug-likeness (QED) is 0.161. The van der Waals surface area contributed by atoms with Crippen LogP contribution in [0, 0.1) is 0 Å². The van der Waals surface area contributed by atoms with E-state index in [9.17, 15) is 0 Å². The zero-order chi connectivity index (χ0) is 41.0.